The van der Waals surface area contributed by atoms with E-state index in [0.29, 0.717) is 18.0 Å². The van der Waals surface area contributed by atoms with Gasteiger partial charge < -0.3 is 10.1 Å². The number of thiazole rings is 1. The van der Waals surface area contributed by atoms with Gasteiger partial charge in [-0.15, -0.1) is 22.7 Å². The van der Waals surface area contributed by atoms with E-state index in [0.717, 1.165) is 21.1 Å². The van der Waals surface area contributed by atoms with Gasteiger partial charge in [-0.2, -0.15) is 0 Å². The van der Waals surface area contributed by atoms with Crippen LogP contribution in [0.2, 0.25) is 0 Å². The predicted molar refractivity (Wildman–Crippen MR) is 92.7 cm³/mol. The van der Waals surface area contributed by atoms with E-state index >= 15 is 0 Å². The summed E-state index contributed by atoms with van der Waals surface area (Å²) in [5.41, 5.74) is 0.983. The summed E-state index contributed by atoms with van der Waals surface area (Å²) in [6, 6.07) is 11.4. The fourth-order valence-electron chi connectivity index (χ4n) is 2.30. The summed E-state index contributed by atoms with van der Waals surface area (Å²) < 4.78 is 7.56. The van der Waals surface area contributed by atoms with Gasteiger partial charge in [-0.05, 0) is 18.2 Å². The Balaban J connectivity index is 1.38. The number of aromatic nitrogens is 2. The van der Waals surface area contributed by atoms with Crippen LogP contribution in [-0.4, -0.2) is 28.4 Å². The number of hydrogen-bond acceptors (Lipinski definition) is 5. The fourth-order valence-corrected chi connectivity index (χ4v) is 4.01. The first-order chi connectivity index (χ1) is 11.3. The summed E-state index contributed by atoms with van der Waals surface area (Å²) in [5.74, 6) is 0.714. The van der Waals surface area contributed by atoms with E-state index in [9.17, 15) is 4.79 Å². The summed E-state index contributed by atoms with van der Waals surface area (Å²) in [6.07, 6.45) is 1.97. The Kier molecular flexibility index (Phi) is 3.72. The van der Waals surface area contributed by atoms with Crippen molar-refractivity contribution in [1.29, 1.82) is 0 Å². The van der Waals surface area contributed by atoms with Crippen molar-refractivity contribution < 1.29 is 9.53 Å². The Morgan fingerprint density at radius 1 is 1.30 bits per heavy atom. The number of nitrogens with one attached hydrogen (secondary N) is 1. The molecule has 0 aliphatic rings. The molecule has 1 amide bonds. The zero-order chi connectivity index (χ0) is 15.6. The normalized spacial score (nSPS) is 11.1. The van der Waals surface area contributed by atoms with Gasteiger partial charge in [0.2, 0.25) is 0 Å². The van der Waals surface area contributed by atoms with Crippen LogP contribution in [0.1, 0.15) is 9.67 Å². The number of benzene rings is 1. The van der Waals surface area contributed by atoms with Crippen LogP contribution in [0.15, 0.2) is 48.0 Å². The molecule has 23 heavy (non-hydrogen) atoms. The van der Waals surface area contributed by atoms with Crippen molar-refractivity contribution >= 4 is 43.9 Å². The highest BCUT2D eigenvalue weighted by atomic mass is 32.1. The summed E-state index contributed by atoms with van der Waals surface area (Å²) >= 11 is 3.00. The third-order valence-corrected chi connectivity index (χ3v) is 5.14. The maximum absolute atomic E-state index is 12.2. The van der Waals surface area contributed by atoms with Gasteiger partial charge in [-0.3, -0.25) is 9.20 Å². The topological polar surface area (TPSA) is 55.6 Å². The number of imidazole rings is 1. The van der Waals surface area contributed by atoms with Gasteiger partial charge in [0.05, 0.1) is 16.9 Å². The second kappa shape index (κ2) is 6.02. The van der Waals surface area contributed by atoms with E-state index in [4.69, 9.17) is 4.74 Å². The van der Waals surface area contributed by atoms with Crippen LogP contribution in [-0.2, 0) is 0 Å². The molecule has 0 aliphatic heterocycles. The van der Waals surface area contributed by atoms with Crippen LogP contribution in [0.5, 0.6) is 5.75 Å². The highest BCUT2D eigenvalue weighted by Crippen LogP contribution is 2.28. The van der Waals surface area contributed by atoms with Gasteiger partial charge in [0.25, 0.3) is 5.91 Å². The quantitative estimate of drug-likeness (QED) is 0.565. The molecule has 0 fully saturated rings. The molecule has 0 saturated heterocycles. The molecule has 116 valence electrons. The molecule has 0 atom stereocenters. The number of thiophene rings is 1. The molecule has 0 bridgehead atoms. The molecule has 0 radical (unpaired) electrons. The Bertz CT molecular complexity index is 956. The molecule has 5 nitrogen and oxygen atoms in total. The fraction of sp³-hybridized carbons (Fsp3) is 0.125. The van der Waals surface area contributed by atoms with Crippen molar-refractivity contribution in [2.24, 2.45) is 0 Å². The minimum atomic E-state index is -0.0892. The van der Waals surface area contributed by atoms with Crippen molar-refractivity contribution in [3.05, 3.63) is 52.9 Å². The van der Waals surface area contributed by atoms with Crippen molar-refractivity contribution in [3.63, 3.8) is 0 Å². The van der Waals surface area contributed by atoms with E-state index in [1.54, 1.807) is 11.3 Å². The summed E-state index contributed by atoms with van der Waals surface area (Å²) in [6.45, 7) is 0.902. The first-order valence-electron chi connectivity index (χ1n) is 7.12. The van der Waals surface area contributed by atoms with Crippen LogP contribution < -0.4 is 10.1 Å². The number of fused-ring (bicyclic) bond motifs is 3. The standard InChI is InChI=1S/C16H13N3O2S2/c20-14(17-6-8-21-11-4-2-1-3-5-11)13-10-12-15(23-13)18-16-19(12)7-9-22-16/h1-5,7,9-10H,6,8H2,(H,17,20). The maximum atomic E-state index is 12.2. The molecule has 1 N–H and O–H groups in total. The molecule has 3 aromatic heterocycles. The highest BCUT2D eigenvalue weighted by molar-refractivity contribution is 7.21. The maximum Gasteiger partial charge on any atom is 0.261 e. The molecule has 4 aromatic rings. The second-order valence-electron chi connectivity index (χ2n) is 4.89. The van der Waals surface area contributed by atoms with E-state index in [-0.39, 0.29) is 5.91 Å². The largest absolute Gasteiger partial charge is 0.492 e. The van der Waals surface area contributed by atoms with E-state index < -0.39 is 0 Å². The zero-order valence-electron chi connectivity index (χ0n) is 12.1. The molecule has 4 rings (SSSR count). The van der Waals surface area contributed by atoms with Gasteiger partial charge >= 0.3 is 0 Å². The molecular formula is C16H13N3O2S2. The van der Waals surface area contributed by atoms with Gasteiger partial charge in [-0.1, -0.05) is 18.2 Å². The van der Waals surface area contributed by atoms with Crippen LogP contribution in [0.25, 0.3) is 15.3 Å². The minimum absolute atomic E-state index is 0.0892. The number of nitrogens with zero attached hydrogens (tertiary/aromatic N) is 2. The van der Waals surface area contributed by atoms with Crippen molar-refractivity contribution in [1.82, 2.24) is 14.7 Å². The van der Waals surface area contributed by atoms with E-state index in [1.165, 1.54) is 11.3 Å². The lowest BCUT2D eigenvalue weighted by molar-refractivity contribution is 0.0951. The lowest BCUT2D eigenvalue weighted by Gasteiger charge is -2.06. The average molecular weight is 343 g/mol. The number of carbonyl (C=O) groups is 1. The van der Waals surface area contributed by atoms with Gasteiger partial charge in [0.15, 0.2) is 4.96 Å². The SMILES string of the molecule is O=C(NCCOc1ccccc1)c1cc2c(nc3sccn32)s1. The Hall–Kier alpha value is -2.38. The first kappa shape index (κ1) is 14.2. The summed E-state index contributed by atoms with van der Waals surface area (Å²) in [4.78, 5) is 19.2. The minimum Gasteiger partial charge on any atom is -0.492 e. The second-order valence-corrected chi connectivity index (χ2v) is 6.79. The molecule has 1 aromatic carbocycles. The molecule has 0 spiro atoms. The molecule has 3 heterocycles. The molecule has 7 heteroatoms. The number of carbonyl (C=O) groups excluding carboxylic acids is 1. The first-order valence-corrected chi connectivity index (χ1v) is 8.82. The van der Waals surface area contributed by atoms with Crippen molar-refractivity contribution in [2.75, 3.05) is 13.2 Å². The Morgan fingerprint density at radius 2 is 2.17 bits per heavy atom. The number of hydrogen-bond donors (Lipinski definition) is 1. The molecular weight excluding hydrogens is 330 g/mol. The monoisotopic (exact) mass is 343 g/mol. The molecule has 0 aliphatic carbocycles. The van der Waals surface area contributed by atoms with Crippen molar-refractivity contribution in [3.8, 4) is 5.75 Å². The Labute approximate surface area is 140 Å². The predicted octanol–water partition coefficient (Wildman–Crippen LogP) is 3.42. The number of rotatable bonds is 5. The van der Waals surface area contributed by atoms with Crippen LogP contribution >= 0.6 is 22.7 Å². The number of para-hydroxylation sites is 1. The lowest BCUT2D eigenvalue weighted by Crippen LogP contribution is -2.27. The van der Waals surface area contributed by atoms with Gasteiger partial charge in [0, 0.05) is 11.6 Å². The third kappa shape index (κ3) is 2.80. The van der Waals surface area contributed by atoms with Crippen LogP contribution in [0.4, 0.5) is 0 Å². The third-order valence-electron chi connectivity index (χ3n) is 3.36. The summed E-state index contributed by atoms with van der Waals surface area (Å²) in [5, 5.41) is 4.86. The van der Waals surface area contributed by atoms with E-state index in [1.807, 2.05) is 52.4 Å². The molecule has 0 unspecified atom stereocenters. The molecule has 0 saturated carbocycles. The smallest absolute Gasteiger partial charge is 0.261 e. The van der Waals surface area contributed by atoms with Crippen LogP contribution in [0, 0.1) is 0 Å². The van der Waals surface area contributed by atoms with Gasteiger partial charge in [0.1, 0.15) is 17.2 Å². The number of amides is 1. The lowest BCUT2D eigenvalue weighted by atomic mass is 10.3. The number of ether oxygens (including phenoxy) is 1. The Morgan fingerprint density at radius 3 is 3.04 bits per heavy atom. The van der Waals surface area contributed by atoms with Gasteiger partial charge in [-0.25, -0.2) is 4.98 Å². The average Bonchev–Trinajstić information content (AvgIpc) is 3.24. The highest BCUT2D eigenvalue weighted by Gasteiger charge is 2.14. The van der Waals surface area contributed by atoms with Crippen molar-refractivity contribution in [2.45, 2.75) is 0 Å². The van der Waals surface area contributed by atoms with E-state index in [2.05, 4.69) is 10.3 Å². The zero-order valence-corrected chi connectivity index (χ0v) is 13.7. The van der Waals surface area contributed by atoms with Crippen LogP contribution in [0.3, 0.4) is 0 Å². The summed E-state index contributed by atoms with van der Waals surface area (Å²) in [7, 11) is 0.